The topological polar surface area (TPSA) is 122 Å². The van der Waals surface area contributed by atoms with E-state index in [1.54, 1.807) is 37.7 Å². The standard InChI is InChI=1S/C45H38N4O5/c1-54-32-21-18-29(19-22-32)20-23-37(50)48-26-27-49-43(51)40-33-28-34(45(53,31-14-6-3-7-15-31)36-17-9-11-25-47-36)41(42(40)44(49)52)39(33)38(30-12-4-2-5-13-30)35-16-8-10-24-46-35/h2-25,28,33,40-42,53H,26-27H2,1H3,(H,48,50). The molecule has 9 heteroatoms. The molecule has 3 aromatic carbocycles. The molecule has 54 heavy (non-hydrogen) atoms. The summed E-state index contributed by atoms with van der Waals surface area (Å²) in [5.74, 6) is -2.85. The number of carbonyl (C=O) groups is 3. The Morgan fingerprint density at radius 2 is 1.50 bits per heavy atom. The van der Waals surface area contributed by atoms with Gasteiger partial charge >= 0.3 is 0 Å². The van der Waals surface area contributed by atoms with Crippen molar-refractivity contribution in [2.45, 2.75) is 5.60 Å². The van der Waals surface area contributed by atoms with Crippen molar-refractivity contribution in [3.05, 3.63) is 185 Å². The number of imide groups is 1. The Hall–Kier alpha value is -6.45. The third kappa shape index (κ3) is 6.02. The Bertz CT molecular complexity index is 2190. The van der Waals surface area contributed by atoms with Gasteiger partial charge in [-0.15, -0.1) is 0 Å². The molecule has 0 spiro atoms. The molecule has 1 saturated carbocycles. The number of aliphatic hydroxyl groups is 1. The Labute approximate surface area is 313 Å². The van der Waals surface area contributed by atoms with Crippen molar-refractivity contribution in [1.29, 1.82) is 0 Å². The third-order valence-corrected chi connectivity index (χ3v) is 10.7. The van der Waals surface area contributed by atoms with Gasteiger partial charge in [0.2, 0.25) is 17.7 Å². The van der Waals surface area contributed by atoms with Crippen molar-refractivity contribution in [2.75, 3.05) is 20.2 Å². The molecule has 0 radical (unpaired) electrons. The van der Waals surface area contributed by atoms with Gasteiger partial charge in [-0.05, 0) is 70.3 Å². The van der Waals surface area contributed by atoms with E-state index in [9.17, 15) is 19.5 Å². The quantitative estimate of drug-likeness (QED) is 0.100. The maximum absolute atomic E-state index is 14.6. The van der Waals surface area contributed by atoms with E-state index in [4.69, 9.17) is 9.72 Å². The summed E-state index contributed by atoms with van der Waals surface area (Å²) in [4.78, 5) is 52.4. The molecule has 2 fully saturated rings. The van der Waals surface area contributed by atoms with Gasteiger partial charge < -0.3 is 15.2 Å². The van der Waals surface area contributed by atoms with E-state index in [1.165, 1.54) is 11.0 Å². The van der Waals surface area contributed by atoms with Crippen LogP contribution in [0.2, 0.25) is 0 Å². The van der Waals surface area contributed by atoms with Crippen LogP contribution in [0, 0.1) is 23.7 Å². The van der Waals surface area contributed by atoms with E-state index in [0.717, 1.165) is 22.3 Å². The van der Waals surface area contributed by atoms with Gasteiger partial charge in [0.25, 0.3) is 0 Å². The molecule has 9 nitrogen and oxygen atoms in total. The highest BCUT2D eigenvalue weighted by atomic mass is 16.5. The van der Waals surface area contributed by atoms with Gasteiger partial charge in [-0.2, -0.15) is 0 Å². The van der Waals surface area contributed by atoms with E-state index in [-0.39, 0.29) is 30.8 Å². The van der Waals surface area contributed by atoms with Gasteiger partial charge in [0.05, 0.1) is 30.3 Å². The Morgan fingerprint density at radius 3 is 2.17 bits per heavy atom. The minimum absolute atomic E-state index is 0.0234. The molecule has 2 bridgehead atoms. The number of methoxy groups -OCH3 is 1. The second-order valence-electron chi connectivity index (χ2n) is 13.6. The molecule has 5 unspecified atom stereocenters. The van der Waals surface area contributed by atoms with E-state index in [0.29, 0.717) is 28.3 Å². The normalized spacial score (nSPS) is 22.2. The molecule has 8 rings (SSSR count). The molecule has 268 valence electrons. The third-order valence-electron chi connectivity index (χ3n) is 10.7. The highest BCUT2D eigenvalue weighted by Gasteiger charge is 2.66. The lowest BCUT2D eigenvalue weighted by atomic mass is 9.71. The van der Waals surface area contributed by atoms with Gasteiger partial charge in [-0.3, -0.25) is 29.3 Å². The fraction of sp³-hybridized carbons (Fsp3) is 0.178. The summed E-state index contributed by atoms with van der Waals surface area (Å²) >= 11 is 0. The SMILES string of the molecule is COc1ccc(C=CC(=O)NCCN2C(=O)C3C4C=C(C(O)(c5ccccc5)c5ccccn5)C(C4=C(c4ccccc4)c4ccccn4)C3C2=O)cc1. The molecule has 3 aliphatic rings. The molecule has 2 aromatic heterocycles. The van der Waals surface area contributed by atoms with E-state index in [2.05, 4.69) is 10.3 Å². The average molecular weight is 715 g/mol. The lowest BCUT2D eigenvalue weighted by Gasteiger charge is -2.36. The summed E-state index contributed by atoms with van der Waals surface area (Å²) in [5, 5.41) is 15.9. The first kappa shape index (κ1) is 34.6. The number of hydrogen-bond acceptors (Lipinski definition) is 7. The number of aromatic nitrogens is 2. The molecular weight excluding hydrogens is 677 g/mol. The molecule has 1 saturated heterocycles. The Balaban J connectivity index is 1.17. The summed E-state index contributed by atoms with van der Waals surface area (Å²) in [5.41, 5.74) is 4.10. The Kier molecular flexibility index (Phi) is 9.31. The zero-order valence-corrected chi connectivity index (χ0v) is 29.6. The maximum atomic E-state index is 14.6. The zero-order chi connectivity index (χ0) is 37.2. The predicted octanol–water partition coefficient (Wildman–Crippen LogP) is 5.84. The number of amides is 3. The van der Waals surface area contributed by atoms with Crippen molar-refractivity contribution in [3.63, 3.8) is 0 Å². The van der Waals surface area contributed by atoms with E-state index in [1.807, 2.05) is 115 Å². The minimum atomic E-state index is -1.70. The van der Waals surface area contributed by atoms with Crippen LogP contribution in [0.25, 0.3) is 11.6 Å². The van der Waals surface area contributed by atoms with Crippen molar-refractivity contribution < 1.29 is 24.2 Å². The predicted molar refractivity (Wildman–Crippen MR) is 204 cm³/mol. The fourth-order valence-corrected chi connectivity index (χ4v) is 8.37. The second-order valence-corrected chi connectivity index (χ2v) is 13.6. The summed E-state index contributed by atoms with van der Waals surface area (Å²) < 4.78 is 5.19. The largest absolute Gasteiger partial charge is 0.497 e. The van der Waals surface area contributed by atoms with Crippen LogP contribution < -0.4 is 10.1 Å². The molecule has 2 aliphatic carbocycles. The van der Waals surface area contributed by atoms with Crippen LogP contribution in [-0.2, 0) is 20.0 Å². The van der Waals surface area contributed by atoms with E-state index >= 15 is 0 Å². The number of likely N-dealkylation sites (tertiary alicyclic amines) is 1. The smallest absolute Gasteiger partial charge is 0.244 e. The lowest BCUT2D eigenvalue weighted by Crippen LogP contribution is -2.40. The number of fused-ring (bicyclic) bond motifs is 5. The first-order valence-corrected chi connectivity index (χ1v) is 18.0. The van der Waals surface area contributed by atoms with Crippen LogP contribution in [0.5, 0.6) is 5.75 Å². The van der Waals surface area contributed by atoms with Crippen LogP contribution in [0.1, 0.15) is 28.1 Å². The van der Waals surface area contributed by atoms with Crippen LogP contribution in [0.15, 0.2) is 157 Å². The van der Waals surface area contributed by atoms with Gasteiger partial charge in [-0.25, -0.2) is 0 Å². The van der Waals surface area contributed by atoms with Crippen molar-refractivity contribution in [3.8, 4) is 5.75 Å². The number of hydrogen-bond donors (Lipinski definition) is 2. The first-order valence-electron chi connectivity index (χ1n) is 18.0. The van der Waals surface area contributed by atoms with Crippen molar-refractivity contribution in [2.24, 2.45) is 23.7 Å². The second kappa shape index (κ2) is 14.5. The molecule has 3 heterocycles. The van der Waals surface area contributed by atoms with Gasteiger partial charge in [0.15, 0.2) is 5.60 Å². The highest BCUT2D eigenvalue weighted by molar-refractivity contribution is 6.08. The highest BCUT2D eigenvalue weighted by Crippen LogP contribution is 2.64. The number of allylic oxidation sites excluding steroid dienone is 2. The minimum Gasteiger partial charge on any atom is -0.497 e. The molecular formula is C45H38N4O5. The summed E-state index contributed by atoms with van der Waals surface area (Å²) in [6.45, 7) is 0.113. The number of benzene rings is 3. The average Bonchev–Trinajstić information content (AvgIpc) is 3.84. The summed E-state index contributed by atoms with van der Waals surface area (Å²) in [6, 6.07) is 37.6. The number of nitrogens with zero attached hydrogens (tertiary/aromatic N) is 3. The number of rotatable bonds is 11. The zero-order valence-electron chi connectivity index (χ0n) is 29.6. The molecule has 1 aliphatic heterocycles. The number of ether oxygens (including phenoxy) is 1. The van der Waals surface area contributed by atoms with Crippen molar-refractivity contribution in [1.82, 2.24) is 20.2 Å². The van der Waals surface area contributed by atoms with Gasteiger partial charge in [0, 0.05) is 49.0 Å². The summed E-state index contributed by atoms with van der Waals surface area (Å²) in [7, 11) is 1.59. The first-order chi connectivity index (χ1) is 26.4. The fourth-order valence-electron chi connectivity index (χ4n) is 8.37. The van der Waals surface area contributed by atoms with Crippen LogP contribution >= 0.6 is 0 Å². The molecule has 3 amide bonds. The van der Waals surface area contributed by atoms with E-state index < -0.39 is 29.3 Å². The molecule has 5 aromatic rings. The van der Waals surface area contributed by atoms with Crippen LogP contribution in [0.3, 0.4) is 0 Å². The number of pyridine rings is 2. The Morgan fingerprint density at radius 1 is 0.833 bits per heavy atom. The molecule has 5 atom stereocenters. The summed E-state index contributed by atoms with van der Waals surface area (Å²) in [6.07, 6.45) is 8.48. The van der Waals surface area contributed by atoms with Crippen molar-refractivity contribution >= 4 is 29.4 Å². The lowest BCUT2D eigenvalue weighted by molar-refractivity contribution is -0.140. The van der Waals surface area contributed by atoms with Gasteiger partial charge in [0.1, 0.15) is 5.75 Å². The number of nitrogens with one attached hydrogen (secondary N) is 1. The number of carbonyl (C=O) groups excluding carboxylic acids is 3. The van der Waals surface area contributed by atoms with Crippen LogP contribution in [0.4, 0.5) is 0 Å². The monoisotopic (exact) mass is 714 g/mol. The van der Waals surface area contributed by atoms with Gasteiger partial charge in [-0.1, -0.05) is 91.0 Å². The maximum Gasteiger partial charge on any atom is 0.244 e. The van der Waals surface area contributed by atoms with Crippen LogP contribution in [-0.4, -0.2) is 57.9 Å². The molecule has 2 N–H and O–H groups in total.